The van der Waals surface area contributed by atoms with Crippen molar-refractivity contribution < 1.29 is 9.53 Å². The van der Waals surface area contributed by atoms with Gasteiger partial charge in [0, 0.05) is 38.3 Å². The molecule has 0 aliphatic heterocycles. The molecular weight excluding hydrogens is 290 g/mol. The van der Waals surface area contributed by atoms with E-state index in [1.165, 1.54) is 4.90 Å². The Balaban J connectivity index is 2.35. The van der Waals surface area contributed by atoms with Crippen molar-refractivity contribution in [1.82, 2.24) is 14.8 Å². The van der Waals surface area contributed by atoms with Gasteiger partial charge in [-0.2, -0.15) is 0 Å². The Morgan fingerprint density at radius 1 is 1.35 bits per heavy atom. The highest BCUT2D eigenvalue weighted by molar-refractivity contribution is 5.89. The summed E-state index contributed by atoms with van der Waals surface area (Å²) in [4.78, 5) is 20.1. The average Bonchev–Trinajstić information content (AvgIpc) is 2.56. The van der Waals surface area contributed by atoms with Gasteiger partial charge in [0.1, 0.15) is 5.52 Å². The van der Waals surface area contributed by atoms with E-state index in [4.69, 9.17) is 4.74 Å². The number of nitrogens with zero attached hydrogens (tertiary/aromatic N) is 3. The molecule has 1 aromatic carbocycles. The molecule has 0 saturated carbocycles. The molecule has 0 radical (unpaired) electrons. The van der Waals surface area contributed by atoms with Gasteiger partial charge in [-0.1, -0.05) is 18.2 Å². The fraction of sp³-hybridized carbons (Fsp3) is 0.333. The smallest absolute Gasteiger partial charge is 0.408 e. The zero-order valence-corrected chi connectivity index (χ0v) is 14.0. The molecule has 0 saturated heterocycles. The van der Waals surface area contributed by atoms with Crippen molar-refractivity contribution in [2.45, 2.75) is 13.5 Å². The molecule has 0 spiro atoms. The second-order valence-corrected chi connectivity index (χ2v) is 5.49. The molecule has 0 unspecified atom stereocenters. The molecular formula is C18H23N3O2. The maximum Gasteiger partial charge on any atom is 0.415 e. The molecule has 1 aromatic heterocycles. The largest absolute Gasteiger partial charge is 0.415 e. The summed E-state index contributed by atoms with van der Waals surface area (Å²) in [6.07, 6.45) is 3.20. The summed E-state index contributed by atoms with van der Waals surface area (Å²) < 4.78 is 5.48. The van der Waals surface area contributed by atoms with Crippen LogP contribution in [-0.2, 0) is 6.54 Å². The highest BCUT2D eigenvalue weighted by Gasteiger charge is 2.14. The van der Waals surface area contributed by atoms with Gasteiger partial charge < -0.3 is 9.64 Å². The predicted molar refractivity (Wildman–Crippen MR) is 92.6 cm³/mol. The van der Waals surface area contributed by atoms with E-state index in [0.29, 0.717) is 17.8 Å². The number of carbonyl (C=O) groups excluding carboxylic acids is 1. The summed E-state index contributed by atoms with van der Waals surface area (Å²) in [6, 6.07) is 7.69. The maximum absolute atomic E-state index is 12.0. The van der Waals surface area contributed by atoms with E-state index in [2.05, 4.69) is 16.5 Å². The maximum atomic E-state index is 12.0. The van der Waals surface area contributed by atoms with E-state index in [9.17, 15) is 4.79 Å². The molecule has 122 valence electrons. The Morgan fingerprint density at radius 2 is 2.13 bits per heavy atom. The topological polar surface area (TPSA) is 45.7 Å². The predicted octanol–water partition coefficient (Wildman–Crippen LogP) is 3.30. The Hall–Kier alpha value is -2.40. The first-order valence-corrected chi connectivity index (χ1v) is 7.65. The quantitative estimate of drug-likeness (QED) is 0.768. The first-order chi connectivity index (χ1) is 11.1. The van der Waals surface area contributed by atoms with Crippen LogP contribution in [0.25, 0.3) is 10.9 Å². The molecule has 5 nitrogen and oxygen atoms in total. The second kappa shape index (κ2) is 7.74. The Bertz CT molecular complexity index is 700. The van der Waals surface area contributed by atoms with Gasteiger partial charge in [0.2, 0.25) is 0 Å². The number of amides is 1. The first kappa shape index (κ1) is 17.0. The van der Waals surface area contributed by atoms with Crippen LogP contribution in [0.15, 0.2) is 43.1 Å². The lowest BCUT2D eigenvalue weighted by atomic mass is 10.1. The van der Waals surface area contributed by atoms with Crippen LogP contribution in [0, 0.1) is 0 Å². The number of likely N-dealkylation sites (N-methyl/N-ethyl adjacent to an activating group) is 1. The van der Waals surface area contributed by atoms with Gasteiger partial charge in [-0.3, -0.25) is 9.88 Å². The summed E-state index contributed by atoms with van der Waals surface area (Å²) in [5, 5.41) is 0.993. The number of hydrogen-bond acceptors (Lipinski definition) is 4. The summed E-state index contributed by atoms with van der Waals surface area (Å²) in [6.45, 7) is 7.83. The summed E-state index contributed by atoms with van der Waals surface area (Å²) in [5.74, 6) is 0.487. The molecule has 0 bridgehead atoms. The number of carbonyl (C=O) groups is 1. The van der Waals surface area contributed by atoms with Crippen LogP contribution in [0.1, 0.15) is 12.5 Å². The zero-order chi connectivity index (χ0) is 16.8. The zero-order valence-electron chi connectivity index (χ0n) is 14.0. The lowest BCUT2D eigenvalue weighted by Gasteiger charge is -2.18. The standard InChI is InChI=1S/C18H23N3O2/c1-5-12-20(3)13-14-9-10-16(23-18(22)21(4)6-2)17-15(14)8-7-11-19-17/h5,7-11H,1,6,12-13H2,2-4H3. The van der Waals surface area contributed by atoms with Crippen molar-refractivity contribution in [1.29, 1.82) is 0 Å². The first-order valence-electron chi connectivity index (χ1n) is 7.65. The van der Waals surface area contributed by atoms with Crippen molar-refractivity contribution in [3.63, 3.8) is 0 Å². The average molecular weight is 313 g/mol. The van der Waals surface area contributed by atoms with Crippen molar-refractivity contribution in [3.8, 4) is 5.75 Å². The summed E-state index contributed by atoms with van der Waals surface area (Å²) >= 11 is 0. The van der Waals surface area contributed by atoms with Crippen LogP contribution in [0.4, 0.5) is 4.79 Å². The van der Waals surface area contributed by atoms with E-state index in [-0.39, 0.29) is 6.09 Å². The highest BCUT2D eigenvalue weighted by atomic mass is 16.6. The van der Waals surface area contributed by atoms with Gasteiger partial charge in [-0.05, 0) is 31.7 Å². The van der Waals surface area contributed by atoms with Crippen LogP contribution in [0.2, 0.25) is 0 Å². The minimum atomic E-state index is -0.379. The van der Waals surface area contributed by atoms with E-state index in [0.717, 1.165) is 24.0 Å². The molecule has 0 N–H and O–H groups in total. The van der Waals surface area contributed by atoms with Gasteiger partial charge >= 0.3 is 6.09 Å². The second-order valence-electron chi connectivity index (χ2n) is 5.49. The molecule has 5 heteroatoms. The number of ether oxygens (including phenoxy) is 1. The Labute approximate surface area is 137 Å². The number of fused-ring (bicyclic) bond motifs is 1. The van der Waals surface area contributed by atoms with Crippen LogP contribution in [-0.4, -0.2) is 48.1 Å². The summed E-state index contributed by atoms with van der Waals surface area (Å²) in [7, 11) is 3.74. The molecule has 0 fully saturated rings. The Kier molecular flexibility index (Phi) is 5.71. The number of pyridine rings is 1. The van der Waals surface area contributed by atoms with Crippen LogP contribution in [0.3, 0.4) is 0 Å². The molecule has 1 heterocycles. The molecule has 0 aliphatic rings. The highest BCUT2D eigenvalue weighted by Crippen LogP contribution is 2.27. The SMILES string of the molecule is C=CCN(C)Cc1ccc(OC(=O)N(C)CC)c2ncccc12. The Morgan fingerprint density at radius 3 is 2.83 bits per heavy atom. The van der Waals surface area contributed by atoms with Gasteiger partial charge in [0.05, 0.1) is 0 Å². The van der Waals surface area contributed by atoms with Gasteiger partial charge in [0.15, 0.2) is 5.75 Å². The van der Waals surface area contributed by atoms with Gasteiger partial charge in [0.25, 0.3) is 0 Å². The van der Waals surface area contributed by atoms with Gasteiger partial charge in [-0.25, -0.2) is 4.79 Å². The monoisotopic (exact) mass is 313 g/mol. The molecule has 0 atom stereocenters. The summed E-state index contributed by atoms with van der Waals surface area (Å²) in [5.41, 5.74) is 1.84. The third-order valence-electron chi connectivity index (χ3n) is 3.69. The van der Waals surface area contributed by atoms with E-state index in [1.807, 2.05) is 44.3 Å². The van der Waals surface area contributed by atoms with Crippen LogP contribution in [0.5, 0.6) is 5.75 Å². The van der Waals surface area contributed by atoms with E-state index < -0.39 is 0 Å². The van der Waals surface area contributed by atoms with E-state index >= 15 is 0 Å². The fourth-order valence-corrected chi connectivity index (χ4v) is 2.30. The van der Waals surface area contributed by atoms with Crippen LogP contribution >= 0.6 is 0 Å². The van der Waals surface area contributed by atoms with Crippen molar-refractivity contribution >= 4 is 17.0 Å². The molecule has 2 rings (SSSR count). The lowest BCUT2D eigenvalue weighted by Crippen LogP contribution is -2.29. The van der Waals surface area contributed by atoms with E-state index in [1.54, 1.807) is 13.2 Å². The molecule has 1 amide bonds. The number of rotatable bonds is 6. The molecule has 23 heavy (non-hydrogen) atoms. The lowest BCUT2D eigenvalue weighted by molar-refractivity contribution is 0.165. The van der Waals surface area contributed by atoms with Gasteiger partial charge in [-0.15, -0.1) is 6.58 Å². The van der Waals surface area contributed by atoms with Crippen molar-refractivity contribution in [2.75, 3.05) is 27.2 Å². The van der Waals surface area contributed by atoms with Crippen molar-refractivity contribution in [3.05, 3.63) is 48.7 Å². The van der Waals surface area contributed by atoms with Crippen molar-refractivity contribution in [2.24, 2.45) is 0 Å². The third kappa shape index (κ3) is 4.07. The minimum absolute atomic E-state index is 0.379. The number of hydrogen-bond donors (Lipinski definition) is 0. The minimum Gasteiger partial charge on any atom is -0.408 e. The van der Waals surface area contributed by atoms with Crippen LogP contribution < -0.4 is 4.74 Å². The molecule has 2 aromatic rings. The fourth-order valence-electron chi connectivity index (χ4n) is 2.30. The third-order valence-corrected chi connectivity index (χ3v) is 3.69. The molecule has 0 aliphatic carbocycles. The number of benzene rings is 1. The normalized spacial score (nSPS) is 10.8. The number of aromatic nitrogens is 1.